The predicted molar refractivity (Wildman–Crippen MR) is 112 cm³/mol. The summed E-state index contributed by atoms with van der Waals surface area (Å²) in [6.45, 7) is 0.103. The molecule has 3 aromatic rings. The van der Waals surface area contributed by atoms with Crippen LogP contribution in [0.2, 0.25) is 10.0 Å². The highest BCUT2D eigenvalue weighted by molar-refractivity contribution is 7.97. The third-order valence-corrected chi connectivity index (χ3v) is 4.94. The lowest BCUT2D eigenvalue weighted by atomic mass is 10.2. The van der Waals surface area contributed by atoms with E-state index in [0.717, 1.165) is 5.56 Å². The van der Waals surface area contributed by atoms with Gasteiger partial charge in [0.1, 0.15) is 11.7 Å². The molecular weight excluding hydrogens is 423 g/mol. The first-order valence-corrected chi connectivity index (χ1v) is 9.25. The van der Waals surface area contributed by atoms with Crippen LogP contribution >= 0.6 is 35.8 Å². The smallest absolute Gasteiger partial charge is 0.353 e. The van der Waals surface area contributed by atoms with E-state index in [9.17, 15) is 4.79 Å². The number of aryl methyl sites for hydroxylation is 1. The van der Waals surface area contributed by atoms with E-state index in [-0.39, 0.29) is 18.3 Å². The van der Waals surface area contributed by atoms with E-state index >= 15 is 0 Å². The molecule has 1 aromatic heterocycles. The maximum atomic E-state index is 12.4. The standard InChI is InChI=1S/C18H16Cl2N4O3S/c1-23-18(25)24(17(21-23)26-2)15-6-4-3-5-12(15)10-27-22-16(28)11-7-8-13(19)14(20)9-11/h3-9H,10H2,1-2H3,(H,22,28). The highest BCUT2D eigenvalue weighted by Gasteiger charge is 2.16. The molecule has 0 aliphatic carbocycles. The number of benzene rings is 2. The van der Waals surface area contributed by atoms with Crippen LogP contribution in [0.4, 0.5) is 0 Å². The van der Waals surface area contributed by atoms with Crippen LogP contribution in [0.5, 0.6) is 6.01 Å². The fourth-order valence-electron chi connectivity index (χ4n) is 2.48. The maximum absolute atomic E-state index is 12.4. The number of thiol groups is 1. The first-order chi connectivity index (χ1) is 13.4. The summed E-state index contributed by atoms with van der Waals surface area (Å²) in [7, 11) is 3.00. The summed E-state index contributed by atoms with van der Waals surface area (Å²) in [4.78, 5) is 17.8. The minimum atomic E-state index is -0.335. The number of methoxy groups -OCH3 is 1. The van der Waals surface area contributed by atoms with Gasteiger partial charge in [0.2, 0.25) is 0 Å². The normalized spacial score (nSPS) is 11.5. The highest BCUT2D eigenvalue weighted by atomic mass is 35.5. The number of hydrogen-bond acceptors (Lipinski definition) is 5. The number of oxime groups is 1. The lowest BCUT2D eigenvalue weighted by Gasteiger charge is -2.10. The summed E-state index contributed by atoms with van der Waals surface area (Å²) in [6, 6.07) is 12.4. The zero-order chi connectivity index (χ0) is 20.3. The Balaban J connectivity index is 1.85. The second-order valence-electron chi connectivity index (χ2n) is 5.67. The predicted octanol–water partition coefficient (Wildman–Crippen LogP) is 3.69. The molecule has 0 aliphatic rings. The lowest BCUT2D eigenvalue weighted by molar-refractivity contribution is 0.131. The fourth-order valence-corrected chi connectivity index (χ4v) is 2.98. The van der Waals surface area contributed by atoms with E-state index in [2.05, 4.69) is 22.9 Å². The number of hydrogen-bond donors (Lipinski definition) is 1. The number of ether oxygens (including phenoxy) is 1. The van der Waals surface area contributed by atoms with Crippen molar-refractivity contribution >= 4 is 40.9 Å². The molecular formula is C18H16Cl2N4O3S. The SMILES string of the molecule is COc1nn(C)c(=O)n1-c1ccccc1CO/N=C(\S)c1ccc(Cl)c(Cl)c1. The van der Waals surface area contributed by atoms with E-state index in [1.165, 1.54) is 16.4 Å². The summed E-state index contributed by atoms with van der Waals surface area (Å²) >= 11 is 16.2. The highest BCUT2D eigenvalue weighted by Crippen LogP contribution is 2.24. The third-order valence-electron chi connectivity index (χ3n) is 3.86. The average Bonchev–Trinajstić information content (AvgIpc) is 2.98. The van der Waals surface area contributed by atoms with Crippen LogP contribution in [-0.2, 0) is 18.5 Å². The van der Waals surface area contributed by atoms with Crippen molar-refractivity contribution in [3.05, 3.63) is 74.1 Å². The Morgan fingerprint density at radius 3 is 2.68 bits per heavy atom. The number of rotatable bonds is 6. The Morgan fingerprint density at radius 2 is 1.96 bits per heavy atom. The van der Waals surface area contributed by atoms with E-state index in [4.69, 9.17) is 32.8 Å². The van der Waals surface area contributed by atoms with Crippen LogP contribution in [0.15, 0.2) is 52.4 Å². The summed E-state index contributed by atoms with van der Waals surface area (Å²) in [6.07, 6.45) is 0. The van der Waals surface area contributed by atoms with Gasteiger partial charge in [-0.2, -0.15) is 0 Å². The number of aromatic nitrogens is 3. The van der Waals surface area contributed by atoms with Crippen molar-refractivity contribution in [1.29, 1.82) is 0 Å². The quantitative estimate of drug-likeness (QED) is 0.275. The molecule has 0 radical (unpaired) electrons. The zero-order valence-corrected chi connectivity index (χ0v) is 17.4. The van der Waals surface area contributed by atoms with E-state index < -0.39 is 0 Å². The molecule has 10 heteroatoms. The average molecular weight is 439 g/mol. The Labute approximate surface area is 176 Å². The summed E-state index contributed by atoms with van der Waals surface area (Å²) in [5.74, 6) is 0. The van der Waals surface area contributed by atoms with Crippen LogP contribution in [-0.4, -0.2) is 26.5 Å². The Hall–Kier alpha value is -2.42. The minimum absolute atomic E-state index is 0.103. The van der Waals surface area contributed by atoms with E-state index in [0.29, 0.717) is 26.3 Å². The molecule has 0 aliphatic heterocycles. The molecule has 7 nitrogen and oxygen atoms in total. The van der Waals surface area contributed by atoms with E-state index in [1.807, 2.05) is 12.1 Å². The molecule has 0 spiro atoms. The molecule has 0 amide bonds. The molecule has 1 heterocycles. The van der Waals surface area contributed by atoms with Crippen molar-refractivity contribution in [3.8, 4) is 11.7 Å². The third kappa shape index (κ3) is 4.19. The number of para-hydroxylation sites is 1. The largest absolute Gasteiger partial charge is 0.467 e. The second-order valence-corrected chi connectivity index (χ2v) is 6.91. The van der Waals surface area contributed by atoms with Gasteiger partial charge in [0.05, 0.1) is 22.8 Å². The molecule has 0 fully saturated rings. The number of halogens is 2. The van der Waals surface area contributed by atoms with Crippen LogP contribution in [0.1, 0.15) is 11.1 Å². The Bertz CT molecular complexity index is 1090. The van der Waals surface area contributed by atoms with Crippen molar-refractivity contribution in [2.45, 2.75) is 6.61 Å². The summed E-state index contributed by atoms with van der Waals surface area (Å²) in [5.41, 5.74) is 1.63. The zero-order valence-electron chi connectivity index (χ0n) is 15.0. The van der Waals surface area contributed by atoms with Gasteiger partial charge in [-0.25, -0.2) is 14.0 Å². The minimum Gasteiger partial charge on any atom is -0.467 e. The van der Waals surface area contributed by atoms with Crippen LogP contribution in [0.3, 0.4) is 0 Å². The monoisotopic (exact) mass is 438 g/mol. The van der Waals surface area contributed by atoms with Gasteiger partial charge in [0, 0.05) is 18.2 Å². The molecule has 0 saturated carbocycles. The molecule has 2 aromatic carbocycles. The first kappa shape index (κ1) is 20.3. The van der Waals surface area contributed by atoms with Gasteiger partial charge in [-0.3, -0.25) is 0 Å². The van der Waals surface area contributed by atoms with Gasteiger partial charge in [-0.05, 0) is 18.2 Å². The van der Waals surface area contributed by atoms with Crippen molar-refractivity contribution in [2.24, 2.45) is 12.2 Å². The van der Waals surface area contributed by atoms with Crippen LogP contribution in [0.25, 0.3) is 5.69 Å². The van der Waals surface area contributed by atoms with Crippen molar-refractivity contribution in [3.63, 3.8) is 0 Å². The van der Waals surface area contributed by atoms with Crippen molar-refractivity contribution < 1.29 is 9.57 Å². The Morgan fingerprint density at radius 1 is 1.21 bits per heavy atom. The molecule has 28 heavy (non-hydrogen) atoms. The van der Waals surface area contributed by atoms with Gasteiger partial charge in [0.25, 0.3) is 0 Å². The topological polar surface area (TPSA) is 70.6 Å². The molecule has 146 valence electrons. The van der Waals surface area contributed by atoms with Gasteiger partial charge in [0.15, 0.2) is 0 Å². The molecule has 0 bridgehead atoms. The fraction of sp³-hybridized carbons (Fsp3) is 0.167. The van der Waals surface area contributed by atoms with Crippen molar-refractivity contribution in [1.82, 2.24) is 14.3 Å². The van der Waals surface area contributed by atoms with Gasteiger partial charge in [-0.1, -0.05) is 52.6 Å². The molecule has 0 saturated heterocycles. The molecule has 0 atom stereocenters. The Kier molecular flexibility index (Phi) is 6.33. The van der Waals surface area contributed by atoms with Gasteiger partial charge < -0.3 is 9.57 Å². The van der Waals surface area contributed by atoms with E-state index in [1.54, 1.807) is 37.4 Å². The molecule has 0 unspecified atom stereocenters. The molecule has 3 rings (SSSR count). The summed E-state index contributed by atoms with van der Waals surface area (Å²) < 4.78 is 7.77. The second kappa shape index (κ2) is 8.72. The van der Waals surface area contributed by atoms with Gasteiger partial charge in [-0.15, -0.1) is 17.7 Å². The number of nitrogens with zero attached hydrogens (tertiary/aromatic N) is 4. The maximum Gasteiger partial charge on any atom is 0.353 e. The summed E-state index contributed by atoms with van der Waals surface area (Å²) in [5, 5.41) is 9.24. The van der Waals surface area contributed by atoms with Crippen molar-refractivity contribution in [2.75, 3.05) is 7.11 Å². The van der Waals surface area contributed by atoms with Crippen LogP contribution < -0.4 is 10.4 Å². The van der Waals surface area contributed by atoms with Gasteiger partial charge >= 0.3 is 11.7 Å². The molecule has 0 N–H and O–H groups in total. The van der Waals surface area contributed by atoms with Crippen LogP contribution in [0, 0.1) is 0 Å². The first-order valence-electron chi connectivity index (χ1n) is 8.05. The lowest BCUT2D eigenvalue weighted by Crippen LogP contribution is -2.22.